The first kappa shape index (κ1) is 27.3. The number of aryl methyl sites for hydroxylation is 1. The molecule has 210 valence electrons. The molecule has 0 saturated heterocycles. The highest BCUT2D eigenvalue weighted by atomic mass is 16.5. The lowest BCUT2D eigenvalue weighted by molar-refractivity contribution is -0.121. The van der Waals surface area contributed by atoms with E-state index in [4.69, 9.17) is 4.74 Å². The van der Waals surface area contributed by atoms with Crippen LogP contribution in [0, 0.1) is 0 Å². The number of benzene rings is 2. The molecule has 41 heavy (non-hydrogen) atoms. The Morgan fingerprint density at radius 1 is 1.00 bits per heavy atom. The molecule has 0 fully saturated rings. The number of carbonyl (C=O) groups is 1. The number of phenols is 2. The summed E-state index contributed by atoms with van der Waals surface area (Å²) < 4.78 is 7.96. The van der Waals surface area contributed by atoms with E-state index >= 15 is 0 Å². The van der Waals surface area contributed by atoms with E-state index in [9.17, 15) is 29.7 Å². The van der Waals surface area contributed by atoms with Gasteiger partial charge in [0.25, 0.3) is 11.1 Å². The monoisotopic (exact) mass is 556 g/mol. The van der Waals surface area contributed by atoms with Gasteiger partial charge in [0.05, 0.1) is 18.2 Å². The molecule has 11 nitrogen and oxygen atoms in total. The summed E-state index contributed by atoms with van der Waals surface area (Å²) in [5.74, 6) is -2.09. The summed E-state index contributed by atoms with van der Waals surface area (Å²) >= 11 is 0. The molecule has 5 aromatic rings. The Morgan fingerprint density at radius 3 is 2.56 bits per heavy atom. The second-order valence-electron chi connectivity index (χ2n) is 9.65. The molecule has 0 radical (unpaired) electrons. The lowest BCUT2D eigenvalue weighted by atomic mass is 9.89. The maximum atomic E-state index is 13.7. The van der Waals surface area contributed by atoms with Crippen LogP contribution in [0.5, 0.6) is 23.1 Å². The fourth-order valence-corrected chi connectivity index (χ4v) is 4.94. The fraction of sp³-hybridized carbons (Fsp3) is 0.200. The van der Waals surface area contributed by atoms with Gasteiger partial charge in [0.15, 0.2) is 11.5 Å². The predicted molar refractivity (Wildman–Crippen MR) is 152 cm³/mol. The van der Waals surface area contributed by atoms with Crippen molar-refractivity contribution in [3.8, 4) is 23.1 Å². The van der Waals surface area contributed by atoms with Crippen molar-refractivity contribution in [2.45, 2.75) is 18.8 Å². The quantitative estimate of drug-likeness (QED) is 0.213. The Morgan fingerprint density at radius 2 is 1.80 bits per heavy atom. The Labute approximate surface area is 233 Å². The van der Waals surface area contributed by atoms with Gasteiger partial charge in [0, 0.05) is 43.8 Å². The zero-order valence-corrected chi connectivity index (χ0v) is 22.4. The van der Waals surface area contributed by atoms with Gasteiger partial charge in [-0.2, -0.15) is 4.98 Å². The van der Waals surface area contributed by atoms with E-state index < -0.39 is 28.8 Å². The Balaban J connectivity index is 1.55. The van der Waals surface area contributed by atoms with Crippen LogP contribution in [0.15, 0.2) is 76.4 Å². The number of fused-ring (bicyclic) bond motifs is 2. The van der Waals surface area contributed by atoms with Crippen LogP contribution in [0.2, 0.25) is 0 Å². The molecule has 4 N–H and O–H groups in total. The molecule has 1 unspecified atom stereocenters. The van der Waals surface area contributed by atoms with Gasteiger partial charge in [-0.1, -0.05) is 12.1 Å². The number of nitrogens with zero attached hydrogens (tertiary/aromatic N) is 3. The summed E-state index contributed by atoms with van der Waals surface area (Å²) in [7, 11) is 3.11. The van der Waals surface area contributed by atoms with E-state index in [-0.39, 0.29) is 41.2 Å². The zero-order valence-electron chi connectivity index (χ0n) is 22.4. The van der Waals surface area contributed by atoms with Gasteiger partial charge >= 0.3 is 0 Å². The summed E-state index contributed by atoms with van der Waals surface area (Å²) in [6.07, 6.45) is 1.54. The van der Waals surface area contributed by atoms with Crippen molar-refractivity contribution in [1.29, 1.82) is 0 Å². The number of ether oxygens (including phenoxy) is 1. The van der Waals surface area contributed by atoms with Crippen molar-refractivity contribution in [2.24, 2.45) is 7.05 Å². The van der Waals surface area contributed by atoms with Crippen LogP contribution in [0.3, 0.4) is 0 Å². The lowest BCUT2D eigenvalue weighted by Crippen LogP contribution is -2.33. The van der Waals surface area contributed by atoms with Gasteiger partial charge in [-0.25, -0.2) is 0 Å². The van der Waals surface area contributed by atoms with E-state index in [0.29, 0.717) is 28.6 Å². The van der Waals surface area contributed by atoms with Crippen molar-refractivity contribution >= 4 is 22.5 Å². The molecule has 11 heteroatoms. The molecule has 5 rings (SSSR count). The van der Waals surface area contributed by atoms with Gasteiger partial charge in [0.1, 0.15) is 11.4 Å². The van der Waals surface area contributed by atoms with Crippen LogP contribution in [0.4, 0.5) is 0 Å². The third-order valence-electron chi connectivity index (χ3n) is 7.10. The number of nitrogens with one attached hydrogen (secondary N) is 1. The molecular formula is C30H28N4O7. The Kier molecular flexibility index (Phi) is 7.34. The minimum absolute atomic E-state index is 0.147. The molecule has 0 saturated carbocycles. The number of rotatable bonds is 8. The summed E-state index contributed by atoms with van der Waals surface area (Å²) in [5.41, 5.74) is 0.438. The number of carbonyl (C=O) groups excluding carboxylic acids is 1. The number of hydrogen-bond donors (Lipinski definition) is 4. The van der Waals surface area contributed by atoms with Crippen LogP contribution in [-0.2, 0) is 18.3 Å². The molecule has 0 bridgehead atoms. The maximum absolute atomic E-state index is 13.7. The molecule has 1 atom stereocenters. The number of phenolic OH excluding ortho intramolecular Hbond substituents is 2. The first-order valence-corrected chi connectivity index (χ1v) is 12.8. The predicted octanol–water partition coefficient (Wildman–Crippen LogP) is 2.55. The highest BCUT2D eigenvalue weighted by Gasteiger charge is 2.29. The van der Waals surface area contributed by atoms with E-state index in [1.54, 1.807) is 55.6 Å². The van der Waals surface area contributed by atoms with E-state index in [0.717, 1.165) is 0 Å². The average molecular weight is 557 g/mol. The number of methoxy groups -OCH3 is 1. The number of aromatic hydroxyl groups is 3. The molecule has 0 aliphatic carbocycles. The van der Waals surface area contributed by atoms with Gasteiger partial charge in [-0.3, -0.25) is 18.8 Å². The largest absolute Gasteiger partial charge is 0.504 e. The van der Waals surface area contributed by atoms with Crippen molar-refractivity contribution in [3.05, 3.63) is 104 Å². The maximum Gasteiger partial charge on any atom is 0.265 e. The van der Waals surface area contributed by atoms with Gasteiger partial charge < -0.3 is 29.9 Å². The van der Waals surface area contributed by atoms with E-state index in [2.05, 4.69) is 10.3 Å². The molecule has 0 aliphatic heterocycles. The van der Waals surface area contributed by atoms with Crippen molar-refractivity contribution in [2.75, 3.05) is 13.7 Å². The Bertz CT molecular complexity index is 1910. The van der Waals surface area contributed by atoms with Crippen LogP contribution in [0.25, 0.3) is 16.6 Å². The first-order valence-electron chi connectivity index (χ1n) is 12.8. The minimum atomic E-state index is -1.12. The Hall–Kier alpha value is -5.32. The highest BCUT2D eigenvalue weighted by Crippen LogP contribution is 2.31. The molecule has 0 spiro atoms. The second-order valence-corrected chi connectivity index (χ2v) is 9.65. The molecule has 0 aliphatic rings. The van der Waals surface area contributed by atoms with E-state index in [1.165, 1.54) is 34.4 Å². The van der Waals surface area contributed by atoms with Crippen molar-refractivity contribution < 1.29 is 24.9 Å². The summed E-state index contributed by atoms with van der Waals surface area (Å²) in [6.45, 7) is 0.187. The summed E-state index contributed by atoms with van der Waals surface area (Å²) in [4.78, 5) is 44.6. The molecule has 2 aromatic carbocycles. The van der Waals surface area contributed by atoms with Gasteiger partial charge in [-0.15, -0.1) is 0 Å². The average Bonchev–Trinajstić information content (AvgIpc) is 2.96. The van der Waals surface area contributed by atoms with E-state index in [1.807, 2.05) is 0 Å². The highest BCUT2D eigenvalue weighted by molar-refractivity contribution is 5.82. The summed E-state index contributed by atoms with van der Waals surface area (Å²) in [5, 5.41) is 33.6. The molecular weight excluding hydrogens is 528 g/mol. The summed E-state index contributed by atoms with van der Waals surface area (Å²) in [6, 6.07) is 16.1. The fourth-order valence-electron chi connectivity index (χ4n) is 4.94. The SMILES string of the molecule is COc1ccc2cc(C(CC(=O)NCCc3ccc(O)c(O)c3)c3c(O)nc4ccccn4c3=O)c(=O)n(C)c2c1. The van der Waals surface area contributed by atoms with Gasteiger partial charge in [0.2, 0.25) is 11.8 Å². The van der Waals surface area contributed by atoms with Crippen molar-refractivity contribution in [1.82, 2.24) is 19.3 Å². The number of amides is 1. The normalized spacial score (nSPS) is 12.0. The minimum Gasteiger partial charge on any atom is -0.504 e. The number of hydrogen-bond acceptors (Lipinski definition) is 8. The van der Waals surface area contributed by atoms with Crippen LogP contribution in [-0.4, -0.2) is 48.8 Å². The second kappa shape index (κ2) is 11.0. The van der Waals surface area contributed by atoms with Crippen LogP contribution in [0.1, 0.15) is 29.0 Å². The third-order valence-corrected chi connectivity index (χ3v) is 7.10. The van der Waals surface area contributed by atoms with Crippen LogP contribution < -0.4 is 21.2 Å². The standard InChI is InChI=1S/C30H28N4O7/c1-33-22-15-19(41-2)8-7-18(22)14-21(29(33)39)20(27-28(38)32-25-5-3-4-12-34(25)30(27)40)16-26(37)31-11-10-17-6-9-23(35)24(36)13-17/h3-9,12-15,20,35-36,38H,10-11,16H2,1-2H3,(H,31,37). The first-order chi connectivity index (χ1) is 19.7. The lowest BCUT2D eigenvalue weighted by Gasteiger charge is -2.20. The van der Waals surface area contributed by atoms with Crippen molar-refractivity contribution in [3.63, 3.8) is 0 Å². The molecule has 3 heterocycles. The number of aromatic nitrogens is 3. The molecule has 1 amide bonds. The number of pyridine rings is 2. The topological polar surface area (TPSA) is 155 Å². The van der Waals surface area contributed by atoms with Gasteiger partial charge in [-0.05, 0) is 59.8 Å². The zero-order chi connectivity index (χ0) is 29.3. The third kappa shape index (κ3) is 5.29. The van der Waals surface area contributed by atoms with Crippen LogP contribution >= 0.6 is 0 Å². The smallest absolute Gasteiger partial charge is 0.265 e. The molecule has 3 aromatic heterocycles.